The SMILES string of the molecule is CN1CC[C@](O)(C#CCN2CCCCC2)[C@H]2CCCC[C@@H]21. The molecule has 3 aliphatic rings. The normalized spacial score (nSPS) is 38.4. The molecule has 2 aliphatic heterocycles. The van der Waals surface area contributed by atoms with Crippen molar-refractivity contribution >= 4 is 0 Å². The highest BCUT2D eigenvalue weighted by Gasteiger charge is 2.46. The highest BCUT2D eigenvalue weighted by atomic mass is 16.3. The number of piperidine rings is 2. The van der Waals surface area contributed by atoms with E-state index in [4.69, 9.17) is 0 Å². The molecule has 0 amide bonds. The molecule has 0 aromatic heterocycles. The van der Waals surface area contributed by atoms with Crippen LogP contribution in [0.4, 0.5) is 0 Å². The molecule has 0 unspecified atom stereocenters. The Balaban J connectivity index is 1.64. The molecule has 1 saturated carbocycles. The molecular formula is C18H30N2O. The number of likely N-dealkylation sites (tertiary alicyclic amines) is 2. The van der Waals surface area contributed by atoms with Gasteiger partial charge in [-0.15, -0.1) is 0 Å². The van der Waals surface area contributed by atoms with E-state index >= 15 is 0 Å². The van der Waals surface area contributed by atoms with E-state index < -0.39 is 5.60 Å². The van der Waals surface area contributed by atoms with E-state index in [0.29, 0.717) is 12.0 Å². The average molecular weight is 290 g/mol. The first-order chi connectivity index (χ1) is 10.2. The van der Waals surface area contributed by atoms with Gasteiger partial charge in [-0.25, -0.2) is 0 Å². The summed E-state index contributed by atoms with van der Waals surface area (Å²) >= 11 is 0. The van der Waals surface area contributed by atoms with Crippen molar-refractivity contribution in [2.75, 3.05) is 33.2 Å². The summed E-state index contributed by atoms with van der Waals surface area (Å²) in [6.45, 7) is 4.19. The van der Waals surface area contributed by atoms with E-state index in [-0.39, 0.29) is 0 Å². The maximum atomic E-state index is 11.1. The molecule has 3 heteroatoms. The number of rotatable bonds is 1. The molecule has 2 heterocycles. The maximum Gasteiger partial charge on any atom is 0.131 e. The lowest BCUT2D eigenvalue weighted by Crippen LogP contribution is -2.57. The third-order valence-electron chi connectivity index (χ3n) is 5.81. The fraction of sp³-hybridized carbons (Fsp3) is 0.889. The Kier molecular flexibility index (Phi) is 4.88. The fourth-order valence-corrected chi connectivity index (χ4v) is 4.47. The lowest BCUT2D eigenvalue weighted by molar-refractivity contribution is -0.0701. The zero-order chi connectivity index (χ0) is 14.7. The zero-order valence-electron chi connectivity index (χ0n) is 13.5. The van der Waals surface area contributed by atoms with Crippen molar-refractivity contribution in [2.24, 2.45) is 5.92 Å². The van der Waals surface area contributed by atoms with Crippen molar-refractivity contribution in [2.45, 2.75) is 63.0 Å². The second-order valence-electron chi connectivity index (χ2n) is 7.25. The van der Waals surface area contributed by atoms with Gasteiger partial charge < -0.3 is 10.0 Å². The number of hydrogen-bond donors (Lipinski definition) is 1. The smallest absolute Gasteiger partial charge is 0.131 e. The number of fused-ring (bicyclic) bond motifs is 1. The van der Waals surface area contributed by atoms with Gasteiger partial charge in [-0.1, -0.05) is 31.1 Å². The number of aliphatic hydroxyl groups is 1. The topological polar surface area (TPSA) is 26.7 Å². The monoisotopic (exact) mass is 290 g/mol. The molecule has 3 atom stereocenters. The van der Waals surface area contributed by atoms with Gasteiger partial charge in [0, 0.05) is 24.9 Å². The molecule has 3 rings (SSSR count). The molecule has 118 valence electrons. The van der Waals surface area contributed by atoms with Gasteiger partial charge in [0.15, 0.2) is 0 Å². The van der Waals surface area contributed by atoms with Crippen LogP contribution in [0.2, 0.25) is 0 Å². The van der Waals surface area contributed by atoms with Crippen LogP contribution in [0.15, 0.2) is 0 Å². The van der Waals surface area contributed by atoms with Crippen LogP contribution in [-0.2, 0) is 0 Å². The van der Waals surface area contributed by atoms with Gasteiger partial charge in [-0.05, 0) is 45.8 Å². The van der Waals surface area contributed by atoms with E-state index in [1.165, 1.54) is 51.6 Å². The summed E-state index contributed by atoms with van der Waals surface area (Å²) in [5, 5.41) is 11.1. The summed E-state index contributed by atoms with van der Waals surface area (Å²) in [6, 6.07) is 0.543. The van der Waals surface area contributed by atoms with E-state index in [1.54, 1.807) is 0 Å². The molecule has 0 radical (unpaired) electrons. The van der Waals surface area contributed by atoms with Crippen LogP contribution >= 0.6 is 0 Å². The Morgan fingerprint density at radius 3 is 2.62 bits per heavy atom. The Morgan fingerprint density at radius 1 is 1.05 bits per heavy atom. The van der Waals surface area contributed by atoms with Crippen LogP contribution in [0.1, 0.15) is 51.4 Å². The van der Waals surface area contributed by atoms with Gasteiger partial charge in [0.05, 0.1) is 6.54 Å². The summed E-state index contributed by atoms with van der Waals surface area (Å²) in [6.07, 6.45) is 9.74. The Bertz CT molecular complexity index is 407. The Labute approximate surface area is 129 Å². The third kappa shape index (κ3) is 3.44. The summed E-state index contributed by atoms with van der Waals surface area (Å²) < 4.78 is 0. The first-order valence-electron chi connectivity index (χ1n) is 8.84. The summed E-state index contributed by atoms with van der Waals surface area (Å²) in [7, 11) is 2.21. The Hall–Kier alpha value is -0.560. The summed E-state index contributed by atoms with van der Waals surface area (Å²) in [5.74, 6) is 6.98. The predicted molar refractivity (Wildman–Crippen MR) is 86.0 cm³/mol. The van der Waals surface area contributed by atoms with Crippen molar-refractivity contribution in [3.8, 4) is 11.8 Å². The van der Waals surface area contributed by atoms with Crippen molar-refractivity contribution in [1.82, 2.24) is 9.80 Å². The molecular weight excluding hydrogens is 260 g/mol. The number of nitrogens with zero attached hydrogens (tertiary/aromatic N) is 2. The average Bonchev–Trinajstić information content (AvgIpc) is 2.53. The molecule has 1 aliphatic carbocycles. The lowest BCUT2D eigenvalue weighted by Gasteiger charge is -2.49. The minimum absolute atomic E-state index is 0.360. The maximum absolute atomic E-state index is 11.1. The molecule has 2 saturated heterocycles. The molecule has 3 nitrogen and oxygen atoms in total. The van der Waals surface area contributed by atoms with Gasteiger partial charge in [-0.3, -0.25) is 4.90 Å². The molecule has 21 heavy (non-hydrogen) atoms. The van der Waals surface area contributed by atoms with Crippen molar-refractivity contribution < 1.29 is 5.11 Å². The van der Waals surface area contributed by atoms with E-state index in [9.17, 15) is 5.11 Å². The van der Waals surface area contributed by atoms with Gasteiger partial charge in [-0.2, -0.15) is 0 Å². The zero-order valence-corrected chi connectivity index (χ0v) is 13.5. The van der Waals surface area contributed by atoms with E-state index in [1.807, 2.05) is 0 Å². The highest BCUT2D eigenvalue weighted by molar-refractivity contribution is 5.20. The molecule has 0 aromatic rings. The number of hydrogen-bond acceptors (Lipinski definition) is 3. The third-order valence-corrected chi connectivity index (χ3v) is 5.81. The van der Waals surface area contributed by atoms with Crippen LogP contribution in [0.5, 0.6) is 0 Å². The molecule has 0 bridgehead atoms. The Morgan fingerprint density at radius 2 is 1.81 bits per heavy atom. The second-order valence-corrected chi connectivity index (χ2v) is 7.25. The molecule has 3 fully saturated rings. The minimum atomic E-state index is -0.729. The quantitative estimate of drug-likeness (QED) is 0.749. The molecule has 1 N–H and O–H groups in total. The molecule has 0 aromatic carbocycles. The van der Waals surface area contributed by atoms with Gasteiger partial charge in [0.2, 0.25) is 0 Å². The van der Waals surface area contributed by atoms with Crippen molar-refractivity contribution in [1.29, 1.82) is 0 Å². The van der Waals surface area contributed by atoms with E-state index in [2.05, 4.69) is 28.7 Å². The first-order valence-corrected chi connectivity index (χ1v) is 8.84. The van der Waals surface area contributed by atoms with Crippen molar-refractivity contribution in [3.63, 3.8) is 0 Å². The lowest BCUT2D eigenvalue weighted by atomic mass is 9.69. The van der Waals surface area contributed by atoms with Crippen LogP contribution in [-0.4, -0.2) is 59.8 Å². The van der Waals surface area contributed by atoms with Crippen LogP contribution in [0.25, 0.3) is 0 Å². The highest BCUT2D eigenvalue weighted by Crippen LogP contribution is 2.40. The first kappa shape index (κ1) is 15.3. The van der Waals surface area contributed by atoms with Crippen molar-refractivity contribution in [3.05, 3.63) is 0 Å². The largest absolute Gasteiger partial charge is 0.377 e. The van der Waals surface area contributed by atoms with Crippen LogP contribution in [0, 0.1) is 17.8 Å². The van der Waals surface area contributed by atoms with E-state index in [0.717, 1.165) is 25.9 Å². The van der Waals surface area contributed by atoms with Crippen LogP contribution in [0.3, 0.4) is 0 Å². The van der Waals surface area contributed by atoms with Gasteiger partial charge >= 0.3 is 0 Å². The summed E-state index contributed by atoms with van der Waals surface area (Å²) in [4.78, 5) is 4.89. The predicted octanol–water partition coefficient (Wildman–Crippen LogP) is 2.10. The summed E-state index contributed by atoms with van der Waals surface area (Å²) in [5.41, 5.74) is -0.729. The minimum Gasteiger partial charge on any atom is -0.377 e. The fourth-order valence-electron chi connectivity index (χ4n) is 4.47. The second kappa shape index (κ2) is 6.69. The van der Waals surface area contributed by atoms with Gasteiger partial charge in [0.25, 0.3) is 0 Å². The molecule has 0 spiro atoms. The van der Waals surface area contributed by atoms with Gasteiger partial charge in [0.1, 0.15) is 5.60 Å². The standard InChI is InChI=1S/C18H30N2O/c1-19-15-11-18(21,16-8-3-4-9-17(16)19)10-7-14-20-12-5-2-6-13-20/h16-17,21H,2-6,8-9,11-15H2,1H3/t16-,17-,18+/m0/s1. The van der Waals surface area contributed by atoms with Crippen LogP contribution < -0.4 is 0 Å².